The predicted octanol–water partition coefficient (Wildman–Crippen LogP) is 2.74. The molecule has 1 amide bonds. The number of hydrogen-bond donors (Lipinski definition) is 1. The van der Waals surface area contributed by atoms with Crippen LogP contribution in [0.15, 0.2) is 24.4 Å². The Hall–Kier alpha value is -1.42. The molecule has 4 heteroatoms. The van der Waals surface area contributed by atoms with Gasteiger partial charge in [-0.25, -0.2) is 0 Å². The van der Waals surface area contributed by atoms with Crippen LogP contribution in [0.3, 0.4) is 0 Å². The Kier molecular flexibility index (Phi) is 5.43. The smallest absolute Gasteiger partial charge is 0.223 e. The van der Waals surface area contributed by atoms with Gasteiger partial charge in [-0.1, -0.05) is 25.3 Å². The second kappa shape index (κ2) is 7.73. The fraction of sp³-hybridized carbons (Fsp3) is 0.667. The largest absolute Gasteiger partial charge is 0.353 e. The molecule has 1 saturated carbocycles. The maximum Gasteiger partial charge on any atom is 0.223 e. The summed E-state index contributed by atoms with van der Waals surface area (Å²) in [6, 6.07) is 6.45. The van der Waals surface area contributed by atoms with Crippen LogP contribution in [0.2, 0.25) is 0 Å². The average molecular weight is 301 g/mol. The summed E-state index contributed by atoms with van der Waals surface area (Å²) >= 11 is 0. The molecule has 1 saturated heterocycles. The topological polar surface area (TPSA) is 45.2 Å². The Morgan fingerprint density at radius 1 is 1.14 bits per heavy atom. The van der Waals surface area contributed by atoms with E-state index in [1.165, 1.54) is 19.3 Å². The molecule has 2 fully saturated rings. The molecule has 1 aliphatic heterocycles. The molecule has 2 heterocycles. The highest BCUT2D eigenvalue weighted by molar-refractivity contribution is 5.79. The monoisotopic (exact) mass is 301 g/mol. The second-order valence-corrected chi connectivity index (χ2v) is 6.72. The molecule has 1 aromatic heterocycles. The first-order valence-corrected chi connectivity index (χ1v) is 8.74. The Balaban J connectivity index is 1.40. The third-order valence-electron chi connectivity index (χ3n) is 5.02. The van der Waals surface area contributed by atoms with Gasteiger partial charge in [0.15, 0.2) is 0 Å². The quantitative estimate of drug-likeness (QED) is 0.930. The van der Waals surface area contributed by atoms with Crippen LogP contribution >= 0.6 is 0 Å². The van der Waals surface area contributed by atoms with Crippen molar-refractivity contribution in [2.45, 2.75) is 57.5 Å². The molecule has 0 atom stereocenters. The van der Waals surface area contributed by atoms with Crippen molar-refractivity contribution < 1.29 is 4.79 Å². The summed E-state index contributed by atoms with van der Waals surface area (Å²) in [5.74, 6) is 0.586. The van der Waals surface area contributed by atoms with Gasteiger partial charge < -0.3 is 5.32 Å². The summed E-state index contributed by atoms with van der Waals surface area (Å²) in [4.78, 5) is 19.1. The van der Waals surface area contributed by atoms with Crippen molar-refractivity contribution in [3.05, 3.63) is 30.1 Å². The summed E-state index contributed by atoms with van der Waals surface area (Å²) in [5, 5.41) is 3.29. The highest BCUT2D eigenvalue weighted by Crippen LogP contribution is 2.24. The number of piperidine rings is 1. The van der Waals surface area contributed by atoms with Crippen LogP contribution < -0.4 is 5.32 Å². The first-order chi connectivity index (χ1) is 10.8. The predicted molar refractivity (Wildman–Crippen MR) is 87.3 cm³/mol. The average Bonchev–Trinajstić information content (AvgIpc) is 2.58. The highest BCUT2D eigenvalue weighted by atomic mass is 16.1. The Morgan fingerprint density at radius 2 is 1.91 bits per heavy atom. The number of amides is 1. The number of likely N-dealkylation sites (tertiary alicyclic amines) is 1. The van der Waals surface area contributed by atoms with E-state index in [9.17, 15) is 4.79 Å². The third kappa shape index (κ3) is 4.29. The zero-order chi connectivity index (χ0) is 15.2. The minimum Gasteiger partial charge on any atom is -0.353 e. The van der Waals surface area contributed by atoms with Crippen molar-refractivity contribution in [1.29, 1.82) is 0 Å². The molecule has 120 valence electrons. The number of nitrogens with one attached hydrogen (secondary N) is 1. The second-order valence-electron chi connectivity index (χ2n) is 6.72. The van der Waals surface area contributed by atoms with E-state index in [0.717, 1.165) is 51.0 Å². The van der Waals surface area contributed by atoms with Crippen molar-refractivity contribution in [1.82, 2.24) is 15.2 Å². The molecular weight excluding hydrogens is 274 g/mol. The van der Waals surface area contributed by atoms with Crippen LogP contribution in [0.25, 0.3) is 0 Å². The van der Waals surface area contributed by atoms with E-state index < -0.39 is 0 Å². The van der Waals surface area contributed by atoms with E-state index in [1.54, 1.807) is 0 Å². The molecule has 0 aromatic carbocycles. The fourth-order valence-corrected chi connectivity index (χ4v) is 3.64. The van der Waals surface area contributed by atoms with Crippen LogP contribution in [0.1, 0.15) is 50.6 Å². The van der Waals surface area contributed by atoms with Gasteiger partial charge in [0.05, 0.1) is 5.69 Å². The lowest BCUT2D eigenvalue weighted by molar-refractivity contribution is -0.127. The van der Waals surface area contributed by atoms with E-state index in [4.69, 9.17) is 0 Å². The van der Waals surface area contributed by atoms with E-state index in [2.05, 4.69) is 21.3 Å². The van der Waals surface area contributed by atoms with E-state index in [0.29, 0.717) is 11.9 Å². The lowest BCUT2D eigenvalue weighted by Gasteiger charge is -2.33. The van der Waals surface area contributed by atoms with E-state index in [-0.39, 0.29) is 5.92 Å². The zero-order valence-electron chi connectivity index (χ0n) is 13.3. The lowest BCUT2D eigenvalue weighted by Crippen LogP contribution is -2.46. The minimum absolute atomic E-state index is 0.278. The standard InChI is InChI=1S/C18H27N3O/c22-18(15-6-2-1-3-7-15)20-16-9-12-21(13-10-16)14-17-8-4-5-11-19-17/h4-5,8,11,15-16H,1-3,6-7,9-10,12-14H2,(H,20,22). The summed E-state index contributed by atoms with van der Waals surface area (Å²) in [6.45, 7) is 3.02. The maximum absolute atomic E-state index is 12.3. The first-order valence-electron chi connectivity index (χ1n) is 8.74. The number of aromatic nitrogens is 1. The van der Waals surface area contributed by atoms with E-state index in [1.807, 2.05) is 18.3 Å². The summed E-state index contributed by atoms with van der Waals surface area (Å²) in [5.41, 5.74) is 1.13. The fourth-order valence-electron chi connectivity index (χ4n) is 3.64. The molecule has 0 bridgehead atoms. The molecule has 0 radical (unpaired) electrons. The van der Waals surface area contributed by atoms with Crippen molar-refractivity contribution >= 4 is 5.91 Å². The number of carbonyl (C=O) groups is 1. The lowest BCUT2D eigenvalue weighted by atomic mass is 9.88. The van der Waals surface area contributed by atoms with Gasteiger partial charge >= 0.3 is 0 Å². The molecule has 3 rings (SSSR count). The molecule has 1 aromatic rings. The first kappa shape index (κ1) is 15.5. The zero-order valence-corrected chi connectivity index (χ0v) is 13.3. The van der Waals surface area contributed by atoms with E-state index >= 15 is 0 Å². The van der Waals surface area contributed by atoms with Crippen molar-refractivity contribution in [2.24, 2.45) is 5.92 Å². The number of nitrogens with zero attached hydrogens (tertiary/aromatic N) is 2. The van der Waals surface area contributed by atoms with Gasteiger partial charge in [0, 0.05) is 37.8 Å². The molecule has 1 N–H and O–H groups in total. The third-order valence-corrected chi connectivity index (χ3v) is 5.02. The number of pyridine rings is 1. The van der Waals surface area contributed by atoms with Gasteiger partial charge in [0.1, 0.15) is 0 Å². The molecular formula is C18H27N3O. The van der Waals surface area contributed by atoms with Crippen molar-refractivity contribution in [2.75, 3.05) is 13.1 Å². The van der Waals surface area contributed by atoms with Crippen LogP contribution in [-0.4, -0.2) is 34.9 Å². The van der Waals surface area contributed by atoms with Gasteiger partial charge in [-0.2, -0.15) is 0 Å². The van der Waals surface area contributed by atoms with Crippen LogP contribution in [0, 0.1) is 5.92 Å². The number of carbonyl (C=O) groups excluding carboxylic acids is 1. The minimum atomic E-state index is 0.278. The number of rotatable bonds is 4. The molecule has 2 aliphatic rings. The summed E-state index contributed by atoms with van der Waals surface area (Å²) in [6.07, 6.45) is 9.90. The molecule has 1 aliphatic carbocycles. The SMILES string of the molecule is O=C(NC1CCN(Cc2ccccn2)CC1)C1CCCCC1. The molecule has 4 nitrogen and oxygen atoms in total. The molecule has 22 heavy (non-hydrogen) atoms. The summed E-state index contributed by atoms with van der Waals surface area (Å²) < 4.78 is 0. The highest BCUT2D eigenvalue weighted by Gasteiger charge is 2.25. The van der Waals surface area contributed by atoms with Crippen LogP contribution in [-0.2, 0) is 11.3 Å². The molecule has 0 unspecified atom stereocenters. The van der Waals surface area contributed by atoms with Crippen LogP contribution in [0.4, 0.5) is 0 Å². The summed E-state index contributed by atoms with van der Waals surface area (Å²) in [7, 11) is 0. The molecule has 0 spiro atoms. The Bertz CT molecular complexity index is 462. The normalized spacial score (nSPS) is 21.6. The van der Waals surface area contributed by atoms with Gasteiger partial charge in [0.2, 0.25) is 5.91 Å². The van der Waals surface area contributed by atoms with Crippen molar-refractivity contribution in [3.8, 4) is 0 Å². The number of hydrogen-bond acceptors (Lipinski definition) is 3. The van der Waals surface area contributed by atoms with Crippen LogP contribution in [0.5, 0.6) is 0 Å². The maximum atomic E-state index is 12.3. The Labute approximate surface area is 133 Å². The van der Waals surface area contributed by atoms with Crippen molar-refractivity contribution in [3.63, 3.8) is 0 Å². The van der Waals surface area contributed by atoms with Gasteiger partial charge in [-0.3, -0.25) is 14.7 Å². The van der Waals surface area contributed by atoms with Gasteiger partial charge in [-0.05, 0) is 37.8 Å². The van der Waals surface area contributed by atoms with Gasteiger partial charge in [-0.15, -0.1) is 0 Å². The van der Waals surface area contributed by atoms with Gasteiger partial charge in [0.25, 0.3) is 0 Å². The Morgan fingerprint density at radius 3 is 2.59 bits per heavy atom.